The Balaban J connectivity index is 0.00000281. The Hall–Kier alpha value is -1.68. The topological polar surface area (TPSA) is 96.2 Å². The van der Waals surface area contributed by atoms with Gasteiger partial charge < -0.3 is 20.3 Å². The van der Waals surface area contributed by atoms with Gasteiger partial charge in [-0.2, -0.15) is 0 Å². The van der Waals surface area contributed by atoms with Crippen LogP contribution < -0.4 is 5.73 Å². The maximum atomic E-state index is 14.0. The first-order chi connectivity index (χ1) is 16.0. The van der Waals surface area contributed by atoms with Crippen molar-refractivity contribution in [3.8, 4) is 0 Å². The van der Waals surface area contributed by atoms with Gasteiger partial charge in [0.1, 0.15) is 4.75 Å². The van der Waals surface area contributed by atoms with E-state index in [2.05, 4.69) is 28.7 Å². The predicted octanol–water partition coefficient (Wildman–Crippen LogP) is 2.06. The summed E-state index contributed by atoms with van der Waals surface area (Å²) in [6.45, 7) is 14.7. The molecule has 0 aromatic carbocycles. The van der Waals surface area contributed by atoms with Gasteiger partial charge >= 0.3 is 0 Å². The van der Waals surface area contributed by atoms with Crippen molar-refractivity contribution in [2.24, 2.45) is 5.73 Å². The van der Waals surface area contributed by atoms with E-state index >= 15 is 0 Å². The Kier molecular flexibility index (Phi) is 12.5. The Bertz CT molecular complexity index is 835. The number of hydrogen-bond acceptors (Lipinski definition) is 6. The highest BCUT2D eigenvalue weighted by Crippen LogP contribution is 2.34. The van der Waals surface area contributed by atoms with Gasteiger partial charge in [-0.15, -0.1) is 0 Å². The average molecular weight is 499 g/mol. The molecule has 2 fully saturated rings. The molecule has 0 aliphatic carbocycles. The molecule has 1 amide bonds. The van der Waals surface area contributed by atoms with Gasteiger partial charge in [0.15, 0.2) is 5.78 Å². The van der Waals surface area contributed by atoms with Gasteiger partial charge in [0.25, 0.3) is 0 Å². The molecular weight excluding hydrogens is 452 g/mol. The Morgan fingerprint density at radius 1 is 1.03 bits per heavy atom. The molecule has 34 heavy (non-hydrogen) atoms. The van der Waals surface area contributed by atoms with Crippen molar-refractivity contribution in [1.82, 2.24) is 14.1 Å². The van der Waals surface area contributed by atoms with Crippen molar-refractivity contribution in [1.29, 1.82) is 0 Å². The number of methoxy groups -OCH3 is 1. The number of rotatable bonds is 10. The largest absolute Gasteiger partial charge is 0.383 e. The first-order valence-corrected chi connectivity index (χ1v) is 14.0. The lowest BCUT2D eigenvalue weighted by Crippen LogP contribution is -2.63. The minimum absolute atomic E-state index is 0.0859. The van der Waals surface area contributed by atoms with E-state index in [1.807, 2.05) is 31.2 Å². The first kappa shape index (κ1) is 30.4. The number of ether oxygens (including phenoxy) is 1. The molecule has 8 nitrogen and oxygen atoms in total. The molecule has 9 heteroatoms. The smallest absolute Gasteiger partial charge is 0.237 e. The van der Waals surface area contributed by atoms with Gasteiger partial charge in [-0.1, -0.05) is 26.0 Å². The Morgan fingerprint density at radius 2 is 1.59 bits per heavy atom. The van der Waals surface area contributed by atoms with E-state index < -0.39 is 20.4 Å². The lowest BCUT2D eigenvalue weighted by molar-refractivity contribution is -0.121. The van der Waals surface area contributed by atoms with E-state index in [1.165, 1.54) is 0 Å². The van der Waals surface area contributed by atoms with Gasteiger partial charge in [-0.05, 0) is 51.5 Å². The Labute approximate surface area is 207 Å². The summed E-state index contributed by atoms with van der Waals surface area (Å²) in [7, 11) is -1.20. The number of piperidine rings is 1. The normalized spacial score (nSPS) is 21.9. The third kappa shape index (κ3) is 7.41. The number of hydrogen-bond donors (Lipinski definition) is 1. The van der Waals surface area contributed by atoms with Gasteiger partial charge in [-0.25, -0.2) is 4.31 Å². The van der Waals surface area contributed by atoms with E-state index in [-0.39, 0.29) is 5.78 Å². The molecule has 0 spiro atoms. The number of Topliss-reactive ketones (excluding diaryl/α,β-unsaturated/α-hetero) is 1. The molecule has 0 aromatic rings. The predicted molar refractivity (Wildman–Crippen MR) is 142 cm³/mol. The number of primary amides is 1. The fraction of sp³-hybridized carbons (Fsp3) is 0.720. The van der Waals surface area contributed by atoms with E-state index in [0.717, 1.165) is 17.8 Å². The van der Waals surface area contributed by atoms with E-state index in [9.17, 15) is 13.8 Å². The number of carbonyl (C=O) groups is 2. The van der Waals surface area contributed by atoms with Gasteiger partial charge in [0.2, 0.25) is 5.91 Å². The van der Waals surface area contributed by atoms with Gasteiger partial charge in [0, 0.05) is 68.3 Å². The molecule has 0 aromatic heterocycles. The number of piperazine rings is 1. The second-order valence-electron chi connectivity index (χ2n) is 8.77. The van der Waals surface area contributed by atoms with Crippen LogP contribution in [-0.4, -0.2) is 100 Å². The van der Waals surface area contributed by atoms with Crippen LogP contribution in [0.1, 0.15) is 53.9 Å². The molecule has 0 saturated carbocycles. The minimum atomic E-state index is -2.87. The molecule has 0 radical (unpaired) electrons. The Morgan fingerprint density at radius 3 is 2.06 bits per heavy atom. The third-order valence-electron chi connectivity index (χ3n) is 6.88. The highest BCUT2D eigenvalue weighted by Gasteiger charge is 2.49. The van der Waals surface area contributed by atoms with Crippen molar-refractivity contribution in [2.75, 3.05) is 59.5 Å². The first-order valence-electron chi connectivity index (χ1n) is 12.3. The lowest BCUT2D eigenvalue weighted by atomic mass is 9.95. The van der Waals surface area contributed by atoms with E-state index in [4.69, 9.17) is 10.5 Å². The highest BCUT2D eigenvalue weighted by atomic mass is 32.2. The zero-order chi connectivity index (χ0) is 25.9. The highest BCUT2D eigenvalue weighted by molar-refractivity contribution is 8.00. The number of likely N-dealkylation sites (tertiary alicyclic amines) is 1. The van der Waals surface area contributed by atoms with Crippen molar-refractivity contribution in [2.45, 2.75) is 58.6 Å². The average Bonchev–Trinajstić information content (AvgIpc) is 2.83. The SMILES string of the molecule is C=S(=O)(N1CCN(/C(C)=C/C/C=C(\C)C(C)=O)CC1)C1(C(N)=O)CCN(CCOC)CC1.CC. The maximum absolute atomic E-state index is 14.0. The molecule has 2 N–H and O–H groups in total. The second kappa shape index (κ2) is 14.0. The summed E-state index contributed by atoms with van der Waals surface area (Å²) >= 11 is 0. The summed E-state index contributed by atoms with van der Waals surface area (Å²) in [5.74, 6) is 3.67. The minimum Gasteiger partial charge on any atom is -0.383 e. The molecule has 0 bridgehead atoms. The molecule has 196 valence electrons. The van der Waals surface area contributed by atoms with Gasteiger partial charge in [-0.3, -0.25) is 13.8 Å². The van der Waals surface area contributed by atoms with Crippen molar-refractivity contribution in [3.05, 3.63) is 23.4 Å². The standard InChI is InChI=1S/C23H40N4O4S.C2H6/c1-19(21(3)28)7-6-8-20(2)26-13-15-27(16-14-26)32(5,30)23(22(24)29)9-11-25(12-10-23)17-18-31-4;1-2/h7-8H,5-6,9-18H2,1-4H3,(H2,24,29);1-2H3/b19-7+,20-8+;. The number of ketones is 1. The molecule has 2 rings (SSSR count). The van der Waals surface area contributed by atoms with Crippen LogP contribution in [0.5, 0.6) is 0 Å². The molecule has 1 atom stereocenters. The van der Waals surface area contributed by atoms with Crippen molar-refractivity contribution in [3.63, 3.8) is 0 Å². The summed E-state index contributed by atoms with van der Waals surface area (Å²) in [5.41, 5.74) is 7.73. The van der Waals surface area contributed by atoms with Crippen molar-refractivity contribution < 1.29 is 18.5 Å². The summed E-state index contributed by atoms with van der Waals surface area (Å²) in [6, 6.07) is 0. The zero-order valence-electron chi connectivity index (χ0n) is 22.1. The fourth-order valence-electron chi connectivity index (χ4n) is 4.34. The number of amides is 1. The molecule has 2 aliphatic rings. The van der Waals surface area contributed by atoms with Crippen LogP contribution in [0.4, 0.5) is 0 Å². The number of carbonyl (C=O) groups excluding carboxylic acids is 2. The lowest BCUT2D eigenvalue weighted by Gasteiger charge is -2.47. The van der Waals surface area contributed by atoms with Crippen LogP contribution >= 0.6 is 0 Å². The monoisotopic (exact) mass is 498 g/mol. The molecule has 2 aliphatic heterocycles. The van der Waals surface area contributed by atoms with E-state index in [0.29, 0.717) is 65.1 Å². The van der Waals surface area contributed by atoms with Crippen LogP contribution in [0.15, 0.2) is 23.4 Å². The second-order valence-corrected chi connectivity index (χ2v) is 11.4. The molecular formula is C25H46N4O4S. The molecule has 2 saturated heterocycles. The van der Waals surface area contributed by atoms with E-state index in [1.54, 1.807) is 14.0 Å². The summed E-state index contributed by atoms with van der Waals surface area (Å²) < 4.78 is 19.9. The third-order valence-corrected chi connectivity index (χ3v) is 9.91. The van der Waals surface area contributed by atoms with Gasteiger partial charge in [0.05, 0.1) is 6.61 Å². The summed E-state index contributed by atoms with van der Waals surface area (Å²) in [5, 5.41) is 0. The van der Waals surface area contributed by atoms with Crippen molar-refractivity contribution >= 4 is 27.3 Å². The summed E-state index contributed by atoms with van der Waals surface area (Å²) in [6.07, 6.45) is 5.64. The number of nitrogens with zero attached hydrogens (tertiary/aromatic N) is 3. The number of nitrogens with two attached hydrogens (primary N) is 1. The summed E-state index contributed by atoms with van der Waals surface area (Å²) in [4.78, 5) is 28.4. The maximum Gasteiger partial charge on any atom is 0.237 e. The molecule has 2 heterocycles. The van der Waals surface area contributed by atoms with Crippen LogP contribution in [0.25, 0.3) is 0 Å². The van der Waals surface area contributed by atoms with Crippen LogP contribution in [0.2, 0.25) is 0 Å². The van der Waals surface area contributed by atoms with Crippen LogP contribution in [0.3, 0.4) is 0 Å². The zero-order valence-corrected chi connectivity index (χ0v) is 22.9. The van der Waals surface area contributed by atoms with Crippen LogP contribution in [0, 0.1) is 0 Å². The number of allylic oxidation sites excluding steroid dienone is 4. The molecule has 1 unspecified atom stereocenters. The fourth-order valence-corrected chi connectivity index (χ4v) is 6.72. The quantitative estimate of drug-likeness (QED) is 0.366. The van der Waals surface area contributed by atoms with Crippen LogP contribution in [-0.2, 0) is 24.0 Å².